The molecule has 2 heterocycles. The van der Waals surface area contributed by atoms with E-state index in [4.69, 9.17) is 21.1 Å². The van der Waals surface area contributed by atoms with Crippen LogP contribution in [0, 0.1) is 6.92 Å². The highest BCUT2D eigenvalue weighted by molar-refractivity contribution is 7.16. The Kier molecular flexibility index (Phi) is 6.95. The highest BCUT2D eigenvalue weighted by atomic mass is 35.5. The highest BCUT2D eigenvalue weighted by Crippen LogP contribution is 2.30. The number of rotatable bonds is 7. The molecule has 0 radical (unpaired) electrons. The molecule has 34 heavy (non-hydrogen) atoms. The quantitative estimate of drug-likeness (QED) is 0.374. The number of aromatic nitrogens is 2. The Labute approximate surface area is 203 Å². The minimum atomic E-state index is -0.657. The van der Waals surface area contributed by atoms with Crippen LogP contribution in [0.3, 0.4) is 0 Å². The van der Waals surface area contributed by atoms with E-state index in [2.05, 4.69) is 10.4 Å². The summed E-state index contributed by atoms with van der Waals surface area (Å²) in [4.78, 5) is 38.5. The summed E-state index contributed by atoms with van der Waals surface area (Å²) >= 11 is 6.97. The molecule has 2 aromatic carbocycles. The molecule has 0 aliphatic rings. The van der Waals surface area contributed by atoms with Gasteiger partial charge in [-0.1, -0.05) is 29.3 Å². The van der Waals surface area contributed by atoms with Crippen molar-refractivity contribution in [2.45, 2.75) is 13.8 Å². The summed E-state index contributed by atoms with van der Waals surface area (Å²) in [5.74, 6) is -0.643. The summed E-state index contributed by atoms with van der Waals surface area (Å²) in [6, 6.07) is 13.7. The van der Waals surface area contributed by atoms with Gasteiger partial charge in [-0.05, 0) is 50.2 Å². The number of nitrogens with zero attached hydrogens (tertiary/aromatic N) is 2. The maximum Gasteiger partial charge on any atom is 0.359 e. The van der Waals surface area contributed by atoms with E-state index >= 15 is 0 Å². The molecule has 4 rings (SSSR count). The van der Waals surface area contributed by atoms with Gasteiger partial charge in [-0.25, -0.2) is 4.79 Å². The second-order valence-corrected chi connectivity index (χ2v) is 8.58. The predicted molar refractivity (Wildman–Crippen MR) is 131 cm³/mol. The molecule has 4 aromatic rings. The van der Waals surface area contributed by atoms with Crippen molar-refractivity contribution in [3.05, 3.63) is 80.5 Å². The van der Waals surface area contributed by atoms with E-state index in [-0.39, 0.29) is 24.3 Å². The molecule has 0 saturated heterocycles. The van der Waals surface area contributed by atoms with Crippen LogP contribution < -0.4 is 15.6 Å². The van der Waals surface area contributed by atoms with Gasteiger partial charge in [0.05, 0.1) is 17.7 Å². The molecule has 2 aromatic heterocycles. The van der Waals surface area contributed by atoms with Crippen LogP contribution in [0.4, 0.5) is 5.00 Å². The number of amides is 1. The SMILES string of the molecule is CCOC(=O)c1nn(-c2ccc(C)cc2)c(=O)c2c(NC(=O)COc3ccc(Cl)cc3)scc12. The van der Waals surface area contributed by atoms with Gasteiger partial charge in [0.15, 0.2) is 12.3 Å². The molecule has 174 valence electrons. The number of hydrogen-bond acceptors (Lipinski definition) is 7. The van der Waals surface area contributed by atoms with Gasteiger partial charge in [-0.3, -0.25) is 9.59 Å². The molecule has 0 bridgehead atoms. The first-order valence-electron chi connectivity index (χ1n) is 10.3. The summed E-state index contributed by atoms with van der Waals surface area (Å²) in [7, 11) is 0. The maximum absolute atomic E-state index is 13.4. The van der Waals surface area contributed by atoms with Crippen molar-refractivity contribution in [3.8, 4) is 11.4 Å². The van der Waals surface area contributed by atoms with Crippen molar-refractivity contribution in [1.82, 2.24) is 9.78 Å². The van der Waals surface area contributed by atoms with Crippen molar-refractivity contribution < 1.29 is 19.1 Å². The second kappa shape index (κ2) is 10.1. The van der Waals surface area contributed by atoms with E-state index in [9.17, 15) is 14.4 Å². The average molecular weight is 498 g/mol. The fraction of sp³-hybridized carbons (Fsp3) is 0.167. The number of carbonyl (C=O) groups is 2. The van der Waals surface area contributed by atoms with Crippen LogP contribution in [-0.4, -0.2) is 34.9 Å². The van der Waals surface area contributed by atoms with Crippen LogP contribution in [0.15, 0.2) is 58.7 Å². The lowest BCUT2D eigenvalue weighted by Gasteiger charge is -2.10. The first-order chi connectivity index (χ1) is 16.4. The molecule has 1 amide bonds. The molecule has 8 nitrogen and oxygen atoms in total. The zero-order valence-corrected chi connectivity index (χ0v) is 19.9. The molecule has 10 heteroatoms. The zero-order chi connectivity index (χ0) is 24.2. The van der Waals surface area contributed by atoms with Crippen LogP contribution >= 0.6 is 22.9 Å². The third-order valence-corrected chi connectivity index (χ3v) is 5.98. The molecule has 0 aliphatic carbocycles. The van der Waals surface area contributed by atoms with Gasteiger partial charge in [-0.2, -0.15) is 9.78 Å². The molecule has 0 aliphatic heterocycles. The molecule has 0 fully saturated rings. The average Bonchev–Trinajstić information content (AvgIpc) is 3.24. The standard InChI is InChI=1S/C24H20ClN3O5S/c1-3-32-24(31)21-18-13-34-22(26-19(29)12-33-17-10-6-15(25)7-11-17)20(18)23(30)28(27-21)16-8-4-14(2)5-9-16/h4-11,13H,3,12H2,1-2H3,(H,26,29). The van der Waals surface area contributed by atoms with Crippen LogP contribution in [0.1, 0.15) is 23.0 Å². The minimum absolute atomic E-state index is 0.00816. The zero-order valence-electron chi connectivity index (χ0n) is 18.3. The number of aryl methyl sites for hydroxylation is 1. The van der Waals surface area contributed by atoms with Crippen LogP contribution in [0.2, 0.25) is 5.02 Å². The van der Waals surface area contributed by atoms with Crippen molar-refractivity contribution in [2.75, 3.05) is 18.5 Å². The van der Waals surface area contributed by atoms with E-state index in [1.807, 2.05) is 19.1 Å². The topological polar surface area (TPSA) is 99.5 Å². The molecule has 0 atom stereocenters. The van der Waals surface area contributed by atoms with Gasteiger partial charge in [0.2, 0.25) is 0 Å². The fourth-order valence-electron chi connectivity index (χ4n) is 3.20. The number of anilines is 1. The molecule has 0 unspecified atom stereocenters. The Morgan fingerprint density at radius 2 is 1.82 bits per heavy atom. The maximum atomic E-state index is 13.4. The van der Waals surface area contributed by atoms with Gasteiger partial charge in [-0.15, -0.1) is 11.3 Å². The number of fused-ring (bicyclic) bond motifs is 1. The van der Waals surface area contributed by atoms with Crippen molar-refractivity contribution in [3.63, 3.8) is 0 Å². The number of hydrogen-bond donors (Lipinski definition) is 1. The summed E-state index contributed by atoms with van der Waals surface area (Å²) in [6.07, 6.45) is 0. The minimum Gasteiger partial charge on any atom is -0.484 e. The summed E-state index contributed by atoms with van der Waals surface area (Å²) < 4.78 is 11.8. The van der Waals surface area contributed by atoms with Crippen molar-refractivity contribution >= 4 is 50.6 Å². The van der Waals surface area contributed by atoms with E-state index in [0.717, 1.165) is 21.6 Å². The van der Waals surface area contributed by atoms with Gasteiger partial charge in [0.25, 0.3) is 11.5 Å². The highest BCUT2D eigenvalue weighted by Gasteiger charge is 2.23. The molecular formula is C24H20ClN3O5S. The van der Waals surface area contributed by atoms with E-state index in [1.54, 1.807) is 48.7 Å². The van der Waals surface area contributed by atoms with E-state index in [0.29, 0.717) is 26.8 Å². The molecule has 0 spiro atoms. The van der Waals surface area contributed by atoms with Crippen molar-refractivity contribution in [1.29, 1.82) is 0 Å². The van der Waals surface area contributed by atoms with Crippen molar-refractivity contribution in [2.24, 2.45) is 0 Å². The van der Waals surface area contributed by atoms with Crippen LogP contribution in [0.25, 0.3) is 16.5 Å². The Hall–Kier alpha value is -3.69. The second-order valence-electron chi connectivity index (χ2n) is 7.27. The Balaban J connectivity index is 1.70. The Morgan fingerprint density at radius 3 is 2.50 bits per heavy atom. The molecule has 0 saturated carbocycles. The van der Waals surface area contributed by atoms with Crippen LogP contribution in [-0.2, 0) is 9.53 Å². The predicted octanol–water partition coefficient (Wildman–Crippen LogP) is 4.60. The van der Waals surface area contributed by atoms with E-state index in [1.165, 1.54) is 0 Å². The molecular weight excluding hydrogens is 478 g/mol. The number of halogens is 1. The third kappa shape index (κ3) is 4.95. The lowest BCUT2D eigenvalue weighted by atomic mass is 10.2. The number of esters is 1. The number of benzene rings is 2. The molecule has 1 N–H and O–H groups in total. The van der Waals surface area contributed by atoms with E-state index < -0.39 is 17.4 Å². The first kappa shape index (κ1) is 23.5. The summed E-state index contributed by atoms with van der Waals surface area (Å²) in [6.45, 7) is 3.49. The third-order valence-electron chi connectivity index (χ3n) is 4.84. The van der Waals surface area contributed by atoms with Gasteiger partial charge in [0.1, 0.15) is 10.8 Å². The van der Waals surface area contributed by atoms with Crippen LogP contribution in [0.5, 0.6) is 5.75 Å². The fourth-order valence-corrected chi connectivity index (χ4v) is 4.27. The first-order valence-corrected chi connectivity index (χ1v) is 11.6. The largest absolute Gasteiger partial charge is 0.484 e. The Bertz CT molecular complexity index is 1410. The van der Waals surface area contributed by atoms with Gasteiger partial charge >= 0.3 is 5.97 Å². The van der Waals surface area contributed by atoms with Gasteiger partial charge < -0.3 is 14.8 Å². The summed E-state index contributed by atoms with van der Waals surface area (Å²) in [5, 5.41) is 9.92. The Morgan fingerprint density at radius 1 is 1.12 bits per heavy atom. The number of nitrogens with one attached hydrogen (secondary N) is 1. The monoisotopic (exact) mass is 497 g/mol. The smallest absolute Gasteiger partial charge is 0.359 e. The number of carbonyl (C=O) groups excluding carboxylic acids is 2. The number of ether oxygens (including phenoxy) is 2. The lowest BCUT2D eigenvalue weighted by Crippen LogP contribution is -2.26. The summed E-state index contributed by atoms with van der Waals surface area (Å²) in [5.41, 5.74) is 1.01. The normalized spacial score (nSPS) is 10.8. The number of thiophene rings is 1. The lowest BCUT2D eigenvalue weighted by molar-refractivity contribution is -0.118. The van der Waals surface area contributed by atoms with Gasteiger partial charge in [0, 0.05) is 15.8 Å².